The highest BCUT2D eigenvalue weighted by molar-refractivity contribution is 5.92. The summed E-state index contributed by atoms with van der Waals surface area (Å²) in [7, 11) is 1.87. The average Bonchev–Trinajstić information content (AvgIpc) is 3.04. The zero-order chi connectivity index (χ0) is 14.1. The number of carbonyl (C=O) groups is 1. The second-order valence-corrected chi connectivity index (χ2v) is 4.38. The first-order valence-electron chi connectivity index (χ1n) is 6.16. The van der Waals surface area contributed by atoms with Crippen molar-refractivity contribution in [1.82, 2.24) is 24.5 Å². The quantitative estimate of drug-likeness (QED) is 0.715. The number of hydrogen-bond donors (Lipinski definition) is 2. The van der Waals surface area contributed by atoms with Gasteiger partial charge in [0.25, 0.3) is 5.91 Å². The van der Waals surface area contributed by atoms with Gasteiger partial charge in [-0.15, -0.1) is 0 Å². The highest BCUT2D eigenvalue weighted by Crippen LogP contribution is 2.16. The normalized spacial score (nSPS) is 11.1. The Balaban J connectivity index is 2.18. The lowest BCUT2D eigenvalue weighted by molar-refractivity contribution is 0.100. The molecule has 0 saturated carbocycles. The zero-order valence-electron chi connectivity index (χ0n) is 10.9. The molecule has 3 aromatic rings. The summed E-state index contributed by atoms with van der Waals surface area (Å²) >= 11 is 0. The maximum absolute atomic E-state index is 11.2. The van der Waals surface area contributed by atoms with Crippen molar-refractivity contribution in [1.29, 1.82) is 0 Å². The van der Waals surface area contributed by atoms with E-state index in [1.807, 2.05) is 35.8 Å². The molecule has 0 aliphatic heterocycles. The molecule has 0 aliphatic rings. The van der Waals surface area contributed by atoms with Crippen LogP contribution < -0.4 is 11.1 Å². The molecule has 0 radical (unpaired) electrons. The minimum absolute atomic E-state index is 0.359. The summed E-state index contributed by atoms with van der Waals surface area (Å²) in [6.45, 7) is 0.631. The summed E-state index contributed by atoms with van der Waals surface area (Å²) in [4.78, 5) is 15.7. The van der Waals surface area contributed by atoms with Crippen LogP contribution in [0.3, 0.4) is 0 Å². The van der Waals surface area contributed by atoms with Crippen molar-refractivity contribution in [3.05, 3.63) is 48.0 Å². The van der Waals surface area contributed by atoms with Crippen LogP contribution in [0, 0.1) is 0 Å². The van der Waals surface area contributed by atoms with E-state index in [1.165, 1.54) is 6.20 Å². The molecule has 7 heteroatoms. The molecule has 0 aliphatic carbocycles. The van der Waals surface area contributed by atoms with Gasteiger partial charge in [0, 0.05) is 18.9 Å². The summed E-state index contributed by atoms with van der Waals surface area (Å²) in [6, 6.07) is 5.78. The fraction of sp³-hybridized carbons (Fsp3) is 0.154. The molecule has 3 heterocycles. The lowest BCUT2D eigenvalue weighted by Gasteiger charge is -2.03. The van der Waals surface area contributed by atoms with Gasteiger partial charge in [-0.3, -0.25) is 4.79 Å². The summed E-state index contributed by atoms with van der Waals surface area (Å²) in [5.41, 5.74) is 7.39. The van der Waals surface area contributed by atoms with Crippen molar-refractivity contribution >= 4 is 11.6 Å². The molecule has 3 aromatic heterocycles. The number of fused-ring (bicyclic) bond motifs is 1. The minimum atomic E-state index is -0.504. The molecule has 0 spiro atoms. The van der Waals surface area contributed by atoms with E-state index < -0.39 is 5.91 Å². The number of hydrogen-bond acceptors (Lipinski definition) is 4. The Kier molecular flexibility index (Phi) is 2.96. The maximum atomic E-state index is 11.2. The van der Waals surface area contributed by atoms with Crippen LogP contribution >= 0.6 is 0 Å². The van der Waals surface area contributed by atoms with Crippen LogP contribution in [0.2, 0.25) is 0 Å². The lowest BCUT2D eigenvalue weighted by Crippen LogP contribution is -2.11. The number of amides is 1. The highest BCUT2D eigenvalue weighted by Gasteiger charge is 2.15. The first-order chi connectivity index (χ1) is 9.70. The second kappa shape index (κ2) is 4.78. The van der Waals surface area contributed by atoms with Crippen molar-refractivity contribution in [3.8, 4) is 5.82 Å². The van der Waals surface area contributed by atoms with Crippen LogP contribution in [0.5, 0.6) is 0 Å². The van der Waals surface area contributed by atoms with Crippen LogP contribution in [-0.2, 0) is 6.54 Å². The van der Waals surface area contributed by atoms with Crippen LogP contribution in [-0.4, -0.2) is 32.1 Å². The highest BCUT2D eigenvalue weighted by atomic mass is 16.1. The van der Waals surface area contributed by atoms with E-state index in [0.717, 1.165) is 11.3 Å². The molecule has 20 heavy (non-hydrogen) atoms. The Morgan fingerprint density at radius 2 is 2.30 bits per heavy atom. The van der Waals surface area contributed by atoms with E-state index in [-0.39, 0.29) is 0 Å². The van der Waals surface area contributed by atoms with Gasteiger partial charge in [-0.05, 0) is 19.2 Å². The first kappa shape index (κ1) is 12.4. The molecular weight excluding hydrogens is 256 g/mol. The summed E-state index contributed by atoms with van der Waals surface area (Å²) < 4.78 is 3.55. The van der Waals surface area contributed by atoms with E-state index in [2.05, 4.69) is 15.4 Å². The smallest absolute Gasteiger partial charge is 0.251 e. The van der Waals surface area contributed by atoms with Gasteiger partial charge in [0.1, 0.15) is 5.65 Å². The summed E-state index contributed by atoms with van der Waals surface area (Å²) in [5, 5.41) is 7.27. The molecule has 0 fully saturated rings. The third kappa shape index (κ3) is 1.94. The SMILES string of the molecule is CNCc1c(-n2cc(C(N)=O)cn2)nc2ccccn12. The van der Waals surface area contributed by atoms with Crippen molar-refractivity contribution in [3.63, 3.8) is 0 Å². The molecule has 0 aromatic carbocycles. The number of rotatable bonds is 4. The molecule has 0 unspecified atom stereocenters. The number of nitrogens with one attached hydrogen (secondary N) is 1. The third-order valence-corrected chi connectivity index (χ3v) is 3.04. The fourth-order valence-electron chi connectivity index (χ4n) is 2.12. The van der Waals surface area contributed by atoms with E-state index >= 15 is 0 Å². The first-order valence-corrected chi connectivity index (χ1v) is 6.16. The Labute approximate surface area is 115 Å². The Hall–Kier alpha value is -2.67. The number of pyridine rings is 1. The van der Waals surface area contributed by atoms with Gasteiger partial charge in [-0.2, -0.15) is 5.10 Å². The predicted molar refractivity (Wildman–Crippen MR) is 73.6 cm³/mol. The number of primary amides is 1. The van der Waals surface area contributed by atoms with Crippen molar-refractivity contribution in [2.24, 2.45) is 5.73 Å². The standard InChI is InChI=1S/C13H14N6O/c1-15-7-10-13(17-11-4-2-3-5-18(10)11)19-8-9(6-16-19)12(14)20/h2-6,8,15H,7H2,1H3,(H2,14,20). The van der Waals surface area contributed by atoms with Gasteiger partial charge in [0.2, 0.25) is 0 Å². The molecule has 0 saturated heterocycles. The maximum Gasteiger partial charge on any atom is 0.251 e. The van der Waals surface area contributed by atoms with Crippen LogP contribution in [0.25, 0.3) is 11.5 Å². The number of imidazole rings is 1. The van der Waals surface area contributed by atoms with Crippen molar-refractivity contribution in [2.45, 2.75) is 6.54 Å². The summed E-state index contributed by atoms with van der Waals surface area (Å²) in [6.07, 6.45) is 4.97. The van der Waals surface area contributed by atoms with Gasteiger partial charge >= 0.3 is 0 Å². The molecule has 0 atom stereocenters. The summed E-state index contributed by atoms with van der Waals surface area (Å²) in [5.74, 6) is 0.174. The number of carbonyl (C=O) groups excluding carboxylic acids is 1. The predicted octanol–water partition coefficient (Wildman–Crippen LogP) is 0.338. The topological polar surface area (TPSA) is 90.2 Å². The molecule has 0 bridgehead atoms. The van der Waals surface area contributed by atoms with Gasteiger partial charge in [-0.1, -0.05) is 6.07 Å². The lowest BCUT2D eigenvalue weighted by atomic mass is 10.3. The molecular formula is C13H14N6O. The van der Waals surface area contributed by atoms with Gasteiger partial charge in [-0.25, -0.2) is 9.67 Å². The number of nitrogens with zero attached hydrogens (tertiary/aromatic N) is 4. The van der Waals surface area contributed by atoms with Gasteiger partial charge in [0.15, 0.2) is 5.82 Å². The minimum Gasteiger partial charge on any atom is -0.366 e. The third-order valence-electron chi connectivity index (χ3n) is 3.04. The largest absolute Gasteiger partial charge is 0.366 e. The molecule has 102 valence electrons. The van der Waals surface area contributed by atoms with Gasteiger partial charge < -0.3 is 15.5 Å². The Bertz CT molecular complexity index is 772. The monoisotopic (exact) mass is 270 g/mol. The Morgan fingerprint density at radius 3 is 3.00 bits per heavy atom. The van der Waals surface area contributed by atoms with E-state index in [1.54, 1.807) is 10.9 Å². The second-order valence-electron chi connectivity index (χ2n) is 4.38. The van der Waals surface area contributed by atoms with E-state index in [0.29, 0.717) is 17.9 Å². The average molecular weight is 270 g/mol. The molecule has 3 N–H and O–H groups in total. The van der Waals surface area contributed by atoms with E-state index in [4.69, 9.17) is 5.73 Å². The molecule has 3 rings (SSSR count). The Morgan fingerprint density at radius 1 is 1.45 bits per heavy atom. The van der Waals surface area contributed by atoms with Crippen molar-refractivity contribution in [2.75, 3.05) is 7.05 Å². The number of aromatic nitrogens is 4. The fourth-order valence-corrected chi connectivity index (χ4v) is 2.12. The van der Waals surface area contributed by atoms with Gasteiger partial charge in [0.05, 0.1) is 17.5 Å². The van der Waals surface area contributed by atoms with Crippen LogP contribution in [0.1, 0.15) is 16.1 Å². The zero-order valence-corrected chi connectivity index (χ0v) is 10.9. The van der Waals surface area contributed by atoms with Crippen molar-refractivity contribution < 1.29 is 4.79 Å². The molecule has 7 nitrogen and oxygen atoms in total. The van der Waals surface area contributed by atoms with Crippen LogP contribution in [0.15, 0.2) is 36.8 Å². The number of nitrogens with two attached hydrogens (primary N) is 1. The molecule has 1 amide bonds. The van der Waals surface area contributed by atoms with Crippen LogP contribution in [0.4, 0.5) is 0 Å². The van der Waals surface area contributed by atoms with E-state index in [9.17, 15) is 4.79 Å².